The Balaban J connectivity index is 1.76. The first-order valence-corrected chi connectivity index (χ1v) is 10.8. The number of carbonyl (C=O) groups is 1. The number of carbonyl (C=O) groups excluding carboxylic acids is 1. The third-order valence-electron chi connectivity index (χ3n) is 5.53. The lowest BCUT2D eigenvalue weighted by molar-refractivity contribution is -0.122. The molecule has 1 amide bonds. The average Bonchev–Trinajstić information content (AvgIpc) is 2.67. The summed E-state index contributed by atoms with van der Waals surface area (Å²) in [7, 11) is 0. The molecule has 2 fully saturated rings. The Hall–Kier alpha value is -1.34. The normalized spacial score (nSPS) is 21.7. The van der Waals surface area contributed by atoms with Gasteiger partial charge >= 0.3 is 0 Å². The molecule has 1 heterocycles. The van der Waals surface area contributed by atoms with Crippen LogP contribution in [0.15, 0.2) is 4.99 Å². The maximum atomic E-state index is 11.9. The number of piperidine rings is 1. The lowest BCUT2D eigenvalue weighted by Crippen LogP contribution is -2.50. The van der Waals surface area contributed by atoms with Crippen LogP contribution in [0.2, 0.25) is 0 Å². The molecule has 0 atom stereocenters. The summed E-state index contributed by atoms with van der Waals surface area (Å²) in [5.41, 5.74) is -0.629. The van der Waals surface area contributed by atoms with Gasteiger partial charge in [-0.2, -0.15) is 0 Å². The van der Waals surface area contributed by atoms with Crippen LogP contribution in [0, 0.1) is 0 Å². The SMILES string of the molecule is CCCNC(=O)CN1CCC(NC(=NCC2(O)CCCCC2)NCC)CC1. The molecule has 0 aromatic carbocycles. The van der Waals surface area contributed by atoms with E-state index in [0.717, 1.165) is 77.1 Å². The molecule has 27 heavy (non-hydrogen) atoms. The highest BCUT2D eigenvalue weighted by atomic mass is 16.3. The van der Waals surface area contributed by atoms with E-state index in [1.807, 2.05) is 0 Å². The van der Waals surface area contributed by atoms with E-state index in [9.17, 15) is 9.90 Å². The summed E-state index contributed by atoms with van der Waals surface area (Å²) < 4.78 is 0. The zero-order chi connectivity index (χ0) is 19.5. The summed E-state index contributed by atoms with van der Waals surface area (Å²) in [6, 6.07) is 0.360. The Morgan fingerprint density at radius 2 is 1.85 bits per heavy atom. The third-order valence-corrected chi connectivity index (χ3v) is 5.53. The van der Waals surface area contributed by atoms with Crippen LogP contribution in [0.5, 0.6) is 0 Å². The molecular formula is C20H39N5O2. The van der Waals surface area contributed by atoms with Gasteiger partial charge in [-0.1, -0.05) is 26.2 Å². The van der Waals surface area contributed by atoms with E-state index in [4.69, 9.17) is 0 Å². The second-order valence-corrected chi connectivity index (χ2v) is 8.02. The summed E-state index contributed by atoms with van der Waals surface area (Å²) in [5, 5.41) is 20.4. The van der Waals surface area contributed by atoms with Gasteiger partial charge in [0.1, 0.15) is 0 Å². The van der Waals surface area contributed by atoms with Crippen molar-refractivity contribution in [2.45, 2.75) is 76.9 Å². The number of nitrogens with one attached hydrogen (secondary N) is 3. The predicted octanol–water partition coefficient (Wildman–Crippen LogP) is 1.23. The molecule has 0 unspecified atom stereocenters. The molecule has 4 N–H and O–H groups in total. The van der Waals surface area contributed by atoms with E-state index in [1.54, 1.807) is 0 Å². The number of guanidine groups is 1. The van der Waals surface area contributed by atoms with E-state index >= 15 is 0 Å². The van der Waals surface area contributed by atoms with Crippen molar-refractivity contribution in [3.05, 3.63) is 0 Å². The maximum absolute atomic E-state index is 11.9. The maximum Gasteiger partial charge on any atom is 0.234 e. The second kappa shape index (κ2) is 11.5. The third kappa shape index (κ3) is 8.05. The van der Waals surface area contributed by atoms with E-state index < -0.39 is 5.60 Å². The Morgan fingerprint density at radius 1 is 1.15 bits per heavy atom. The number of amides is 1. The van der Waals surface area contributed by atoms with Gasteiger partial charge in [0.05, 0.1) is 18.7 Å². The van der Waals surface area contributed by atoms with E-state index in [-0.39, 0.29) is 5.91 Å². The molecule has 1 saturated heterocycles. The Labute approximate surface area is 164 Å². The molecule has 1 aliphatic heterocycles. The largest absolute Gasteiger partial charge is 0.388 e. The molecule has 0 aromatic heterocycles. The molecule has 0 radical (unpaired) electrons. The molecule has 7 heteroatoms. The number of likely N-dealkylation sites (tertiary alicyclic amines) is 1. The highest BCUT2D eigenvalue weighted by Gasteiger charge is 2.29. The molecule has 2 aliphatic rings. The lowest BCUT2D eigenvalue weighted by atomic mass is 9.85. The fraction of sp³-hybridized carbons (Fsp3) is 0.900. The molecule has 1 saturated carbocycles. The minimum Gasteiger partial charge on any atom is -0.388 e. The second-order valence-electron chi connectivity index (χ2n) is 8.02. The summed E-state index contributed by atoms with van der Waals surface area (Å²) in [4.78, 5) is 18.8. The van der Waals surface area contributed by atoms with Gasteiger partial charge in [-0.3, -0.25) is 14.7 Å². The van der Waals surface area contributed by atoms with Crippen molar-refractivity contribution in [2.24, 2.45) is 4.99 Å². The van der Waals surface area contributed by atoms with Gasteiger partial charge in [0.2, 0.25) is 5.91 Å². The zero-order valence-electron chi connectivity index (χ0n) is 17.2. The van der Waals surface area contributed by atoms with Gasteiger partial charge in [-0.25, -0.2) is 0 Å². The molecular weight excluding hydrogens is 342 g/mol. The summed E-state index contributed by atoms with van der Waals surface area (Å²) in [5.74, 6) is 0.925. The van der Waals surface area contributed by atoms with Crippen molar-refractivity contribution in [3.8, 4) is 0 Å². The summed E-state index contributed by atoms with van der Waals surface area (Å²) in [6.07, 6.45) is 8.09. The quantitative estimate of drug-likeness (QED) is 0.375. The molecule has 2 rings (SSSR count). The fourth-order valence-electron chi connectivity index (χ4n) is 3.87. The van der Waals surface area contributed by atoms with Crippen molar-refractivity contribution in [1.29, 1.82) is 0 Å². The fourth-order valence-corrected chi connectivity index (χ4v) is 3.87. The van der Waals surface area contributed by atoms with Crippen LogP contribution < -0.4 is 16.0 Å². The predicted molar refractivity (Wildman–Crippen MR) is 110 cm³/mol. The van der Waals surface area contributed by atoms with Crippen LogP contribution in [0.4, 0.5) is 0 Å². The summed E-state index contributed by atoms with van der Waals surface area (Å²) >= 11 is 0. The van der Waals surface area contributed by atoms with Gasteiger partial charge in [0.15, 0.2) is 5.96 Å². The first kappa shape index (κ1) is 22.0. The van der Waals surface area contributed by atoms with Crippen molar-refractivity contribution in [2.75, 3.05) is 39.3 Å². The van der Waals surface area contributed by atoms with Gasteiger partial charge in [-0.05, 0) is 39.0 Å². The smallest absolute Gasteiger partial charge is 0.234 e. The Morgan fingerprint density at radius 3 is 2.48 bits per heavy atom. The lowest BCUT2D eigenvalue weighted by Gasteiger charge is -2.33. The van der Waals surface area contributed by atoms with Crippen molar-refractivity contribution < 1.29 is 9.90 Å². The molecule has 0 aromatic rings. The molecule has 156 valence electrons. The van der Waals surface area contributed by atoms with Gasteiger partial charge in [0, 0.05) is 32.2 Å². The van der Waals surface area contributed by atoms with Crippen LogP contribution in [-0.2, 0) is 4.79 Å². The number of hydrogen-bond acceptors (Lipinski definition) is 4. The number of rotatable bonds is 8. The summed E-state index contributed by atoms with van der Waals surface area (Å²) in [6.45, 7) is 8.48. The zero-order valence-corrected chi connectivity index (χ0v) is 17.2. The highest BCUT2D eigenvalue weighted by molar-refractivity contribution is 5.80. The van der Waals surface area contributed by atoms with Gasteiger partial charge < -0.3 is 21.1 Å². The molecule has 1 aliphatic carbocycles. The molecule has 0 bridgehead atoms. The minimum atomic E-state index is -0.629. The van der Waals surface area contributed by atoms with E-state index in [2.05, 4.69) is 39.7 Å². The number of aliphatic hydroxyl groups is 1. The van der Waals surface area contributed by atoms with Gasteiger partial charge in [-0.15, -0.1) is 0 Å². The van der Waals surface area contributed by atoms with Crippen LogP contribution in [0.25, 0.3) is 0 Å². The number of aliphatic imine (C=N–C) groups is 1. The first-order chi connectivity index (χ1) is 13.0. The number of hydrogen-bond donors (Lipinski definition) is 4. The van der Waals surface area contributed by atoms with Gasteiger partial charge in [0.25, 0.3) is 0 Å². The van der Waals surface area contributed by atoms with Crippen LogP contribution in [-0.4, -0.2) is 72.8 Å². The van der Waals surface area contributed by atoms with Crippen molar-refractivity contribution >= 4 is 11.9 Å². The van der Waals surface area contributed by atoms with Crippen molar-refractivity contribution in [3.63, 3.8) is 0 Å². The number of nitrogens with zero attached hydrogens (tertiary/aromatic N) is 2. The topological polar surface area (TPSA) is 89.0 Å². The standard InChI is InChI=1S/C20H39N5O2/c1-3-12-22-18(26)15-25-13-8-17(9-14-25)24-19(21-4-2)23-16-20(27)10-6-5-7-11-20/h17,27H,3-16H2,1-2H3,(H,22,26)(H2,21,23,24). The molecule has 7 nitrogen and oxygen atoms in total. The average molecular weight is 382 g/mol. The van der Waals surface area contributed by atoms with E-state index in [1.165, 1.54) is 6.42 Å². The van der Waals surface area contributed by atoms with E-state index in [0.29, 0.717) is 19.1 Å². The van der Waals surface area contributed by atoms with Crippen molar-refractivity contribution in [1.82, 2.24) is 20.9 Å². The minimum absolute atomic E-state index is 0.124. The first-order valence-electron chi connectivity index (χ1n) is 10.8. The Bertz CT molecular complexity index is 469. The van der Waals surface area contributed by atoms with Crippen LogP contribution >= 0.6 is 0 Å². The van der Waals surface area contributed by atoms with Crippen LogP contribution in [0.3, 0.4) is 0 Å². The molecule has 0 spiro atoms. The Kier molecular flexibility index (Phi) is 9.34. The van der Waals surface area contributed by atoms with Crippen LogP contribution in [0.1, 0.15) is 65.2 Å². The monoisotopic (exact) mass is 381 g/mol. The highest BCUT2D eigenvalue weighted by Crippen LogP contribution is 2.28.